The lowest BCUT2D eigenvalue weighted by Gasteiger charge is -2.44. The Morgan fingerprint density at radius 1 is 1.03 bits per heavy atom. The third-order valence-electron chi connectivity index (χ3n) is 9.86. The molecule has 0 spiro atoms. The lowest BCUT2D eigenvalue weighted by molar-refractivity contribution is 0.0318. The molecule has 0 heterocycles. The molecule has 3 unspecified atom stereocenters. The Kier molecular flexibility index (Phi) is 7.39. The van der Waals surface area contributed by atoms with Crippen LogP contribution in [0.4, 0.5) is 0 Å². The molecule has 3 nitrogen and oxygen atoms in total. The summed E-state index contributed by atoms with van der Waals surface area (Å²) in [5, 5.41) is 31.0. The molecule has 0 radical (unpaired) electrons. The number of aliphatic hydroxyl groups is 3. The van der Waals surface area contributed by atoms with E-state index in [9.17, 15) is 15.3 Å². The second kappa shape index (κ2) is 9.76. The molecule has 32 heavy (non-hydrogen) atoms. The maximum Gasteiger partial charge on any atom is 0.0809 e. The Labute approximate surface area is 195 Å². The summed E-state index contributed by atoms with van der Waals surface area (Å²) in [5.41, 5.74) is 3.33. The van der Waals surface area contributed by atoms with Crippen molar-refractivity contribution in [3.63, 3.8) is 0 Å². The minimum absolute atomic E-state index is 0.358. The van der Waals surface area contributed by atoms with Crippen molar-refractivity contribution in [2.24, 2.45) is 23.2 Å². The van der Waals surface area contributed by atoms with Gasteiger partial charge in [0, 0.05) is 0 Å². The standard InChI is InChI=1S/C29H46O3/c1-20(8-6-17-29(32)15-4-5-16-29)24-12-13-25-23(9-7-14-28(24,25)3)11-10-22-18-26(30)21(2)27(31)19-22/h10-11,20,24-27,30-32H,2,4-9,12-19H2,1,3H3/b23-11+/t20?,24?,25?,26-,27-,28-/m1/s1. The van der Waals surface area contributed by atoms with E-state index in [1.807, 2.05) is 0 Å². The van der Waals surface area contributed by atoms with Crippen LogP contribution in [0.2, 0.25) is 0 Å². The number of aliphatic hydroxyl groups excluding tert-OH is 2. The Bertz CT molecular complexity index is 728. The molecule has 4 aliphatic carbocycles. The Balaban J connectivity index is 1.38. The van der Waals surface area contributed by atoms with Gasteiger partial charge in [-0.1, -0.05) is 69.4 Å². The van der Waals surface area contributed by atoms with Gasteiger partial charge in [-0.2, -0.15) is 0 Å². The van der Waals surface area contributed by atoms with Gasteiger partial charge >= 0.3 is 0 Å². The molecule has 0 saturated heterocycles. The topological polar surface area (TPSA) is 60.7 Å². The van der Waals surface area contributed by atoms with Crippen LogP contribution in [0.1, 0.15) is 104 Å². The molecule has 180 valence electrons. The third kappa shape index (κ3) is 4.95. The van der Waals surface area contributed by atoms with Gasteiger partial charge in [-0.05, 0) is 93.0 Å². The van der Waals surface area contributed by atoms with E-state index in [1.54, 1.807) is 5.57 Å². The highest BCUT2D eigenvalue weighted by Crippen LogP contribution is 2.60. The number of rotatable bonds is 6. The zero-order chi connectivity index (χ0) is 22.9. The summed E-state index contributed by atoms with van der Waals surface area (Å²) < 4.78 is 0. The first-order chi connectivity index (χ1) is 15.2. The fourth-order valence-corrected chi connectivity index (χ4v) is 7.88. The molecular weight excluding hydrogens is 396 g/mol. The van der Waals surface area contributed by atoms with Crippen LogP contribution in [0.3, 0.4) is 0 Å². The second-order valence-corrected chi connectivity index (χ2v) is 12.0. The second-order valence-electron chi connectivity index (χ2n) is 12.0. The molecule has 4 saturated carbocycles. The fourth-order valence-electron chi connectivity index (χ4n) is 7.88. The molecule has 0 aromatic heterocycles. The Morgan fingerprint density at radius 2 is 1.72 bits per heavy atom. The number of hydrogen-bond acceptors (Lipinski definition) is 3. The quantitative estimate of drug-likeness (QED) is 0.427. The maximum absolute atomic E-state index is 10.7. The predicted molar refractivity (Wildman–Crippen MR) is 131 cm³/mol. The van der Waals surface area contributed by atoms with E-state index in [0.717, 1.165) is 36.7 Å². The van der Waals surface area contributed by atoms with Crippen LogP contribution in [0.25, 0.3) is 0 Å². The van der Waals surface area contributed by atoms with E-state index in [-0.39, 0.29) is 5.60 Å². The summed E-state index contributed by atoms with van der Waals surface area (Å²) in [7, 11) is 0. The van der Waals surface area contributed by atoms with Crippen LogP contribution in [-0.2, 0) is 0 Å². The van der Waals surface area contributed by atoms with Gasteiger partial charge in [0.15, 0.2) is 0 Å². The molecule has 6 atom stereocenters. The van der Waals surface area contributed by atoms with Crippen molar-refractivity contribution >= 4 is 0 Å². The van der Waals surface area contributed by atoms with Gasteiger partial charge in [-0.25, -0.2) is 0 Å². The Hall–Kier alpha value is -0.900. The molecule has 0 aromatic rings. The molecule has 0 bridgehead atoms. The molecule has 0 aliphatic heterocycles. The first kappa shape index (κ1) is 24.2. The maximum atomic E-state index is 10.7. The van der Waals surface area contributed by atoms with E-state index in [1.165, 1.54) is 57.8 Å². The molecule has 4 aliphatic rings. The summed E-state index contributed by atoms with van der Waals surface area (Å²) in [4.78, 5) is 0. The van der Waals surface area contributed by atoms with Crippen LogP contribution >= 0.6 is 0 Å². The average Bonchev–Trinajstić information content (AvgIpc) is 3.33. The van der Waals surface area contributed by atoms with Crippen LogP contribution in [-0.4, -0.2) is 33.1 Å². The first-order valence-corrected chi connectivity index (χ1v) is 13.4. The van der Waals surface area contributed by atoms with Crippen LogP contribution < -0.4 is 0 Å². The van der Waals surface area contributed by atoms with Crippen molar-refractivity contribution in [2.75, 3.05) is 0 Å². The molecule has 4 fully saturated rings. The molecule has 0 aromatic carbocycles. The van der Waals surface area contributed by atoms with Crippen molar-refractivity contribution in [3.05, 3.63) is 35.5 Å². The minimum Gasteiger partial charge on any atom is -0.390 e. The third-order valence-corrected chi connectivity index (χ3v) is 9.86. The molecule has 3 N–H and O–H groups in total. The van der Waals surface area contributed by atoms with Gasteiger partial charge in [-0.15, -0.1) is 0 Å². The van der Waals surface area contributed by atoms with E-state index in [2.05, 4.69) is 32.6 Å². The minimum atomic E-state index is -0.612. The number of fused-ring (bicyclic) bond motifs is 1. The van der Waals surface area contributed by atoms with Crippen molar-refractivity contribution in [1.29, 1.82) is 0 Å². The number of allylic oxidation sites excluding steroid dienone is 3. The van der Waals surface area contributed by atoms with Crippen molar-refractivity contribution in [1.82, 2.24) is 0 Å². The van der Waals surface area contributed by atoms with Gasteiger partial charge < -0.3 is 15.3 Å². The zero-order valence-corrected chi connectivity index (χ0v) is 20.5. The van der Waals surface area contributed by atoms with Gasteiger partial charge in [0.05, 0.1) is 17.8 Å². The van der Waals surface area contributed by atoms with E-state index in [0.29, 0.717) is 29.7 Å². The van der Waals surface area contributed by atoms with E-state index >= 15 is 0 Å². The monoisotopic (exact) mass is 442 g/mol. The number of hydrogen-bond donors (Lipinski definition) is 3. The highest BCUT2D eigenvalue weighted by Gasteiger charge is 2.50. The summed E-state index contributed by atoms with van der Waals surface area (Å²) in [6.07, 6.45) is 18.8. The van der Waals surface area contributed by atoms with Crippen molar-refractivity contribution in [2.45, 2.75) is 122 Å². The normalized spacial score (nSPS) is 39.3. The van der Waals surface area contributed by atoms with Gasteiger partial charge in [0.25, 0.3) is 0 Å². The van der Waals surface area contributed by atoms with E-state index in [4.69, 9.17) is 0 Å². The summed E-state index contributed by atoms with van der Waals surface area (Å²) in [6.45, 7) is 8.85. The van der Waals surface area contributed by atoms with E-state index < -0.39 is 12.2 Å². The fraction of sp³-hybridized carbons (Fsp3) is 0.793. The zero-order valence-electron chi connectivity index (χ0n) is 20.5. The summed E-state index contributed by atoms with van der Waals surface area (Å²) in [6, 6.07) is 0. The highest BCUT2D eigenvalue weighted by atomic mass is 16.3. The van der Waals surface area contributed by atoms with Gasteiger partial charge in [0.1, 0.15) is 0 Å². The highest BCUT2D eigenvalue weighted by molar-refractivity contribution is 5.29. The van der Waals surface area contributed by atoms with Crippen LogP contribution in [0.5, 0.6) is 0 Å². The summed E-state index contributed by atoms with van der Waals surface area (Å²) >= 11 is 0. The molecular formula is C29H46O3. The van der Waals surface area contributed by atoms with Crippen LogP contribution in [0, 0.1) is 23.2 Å². The summed E-state index contributed by atoms with van der Waals surface area (Å²) in [5.74, 6) is 2.18. The van der Waals surface area contributed by atoms with Gasteiger partial charge in [-0.3, -0.25) is 0 Å². The Morgan fingerprint density at radius 3 is 2.41 bits per heavy atom. The first-order valence-electron chi connectivity index (χ1n) is 13.4. The van der Waals surface area contributed by atoms with Crippen molar-refractivity contribution < 1.29 is 15.3 Å². The predicted octanol–water partition coefficient (Wildman–Crippen LogP) is 6.24. The lowest BCUT2D eigenvalue weighted by Crippen LogP contribution is -2.36. The SMILES string of the molecule is C=C1[C@H](O)CC(=C/C=C2\CCC[C@@]3(C)C2CCC3C(C)CCCC2(O)CCCC2)C[C@H]1O. The molecule has 0 amide bonds. The molecule has 3 heteroatoms. The lowest BCUT2D eigenvalue weighted by atomic mass is 9.60. The van der Waals surface area contributed by atoms with Crippen molar-refractivity contribution in [3.8, 4) is 0 Å². The smallest absolute Gasteiger partial charge is 0.0809 e. The average molecular weight is 443 g/mol. The molecule has 4 rings (SSSR count). The van der Waals surface area contributed by atoms with Gasteiger partial charge in [0.2, 0.25) is 0 Å². The largest absolute Gasteiger partial charge is 0.390 e. The van der Waals surface area contributed by atoms with Crippen LogP contribution in [0.15, 0.2) is 35.5 Å².